The highest BCUT2D eigenvalue weighted by atomic mass is 16.5. The Morgan fingerprint density at radius 3 is 2.80 bits per heavy atom. The minimum absolute atomic E-state index is 0.751. The minimum atomic E-state index is 0.751. The summed E-state index contributed by atoms with van der Waals surface area (Å²) in [5.74, 6) is 0. The van der Waals surface area contributed by atoms with Crippen LogP contribution in [0.2, 0.25) is 0 Å². The first-order valence-electron chi connectivity index (χ1n) is 3.44. The van der Waals surface area contributed by atoms with Gasteiger partial charge in [-0.3, -0.25) is 0 Å². The van der Waals surface area contributed by atoms with Gasteiger partial charge in [0.25, 0.3) is 0 Å². The smallest absolute Gasteiger partial charge is 0.0726 e. The molecule has 0 radical (unpaired) electrons. The van der Waals surface area contributed by atoms with Gasteiger partial charge in [-0.05, 0) is 29.7 Å². The molecule has 10 heavy (non-hydrogen) atoms. The molecule has 1 nitrogen and oxygen atoms in total. The number of fused-ring (bicyclic) bond motifs is 1. The predicted octanol–water partition coefficient (Wildman–Crippen LogP) is 1.36. The first kappa shape index (κ1) is 5.76. The Labute approximate surface area is 60.6 Å². The molecule has 1 aromatic rings. The van der Waals surface area contributed by atoms with E-state index >= 15 is 0 Å². The molecular weight excluding hydrogens is 124 g/mol. The lowest BCUT2D eigenvalue weighted by atomic mass is 10.1. The highest BCUT2D eigenvalue weighted by Gasteiger charge is 2.06. The molecule has 0 aromatic heterocycles. The summed E-state index contributed by atoms with van der Waals surface area (Å²) in [4.78, 5) is 0. The first-order valence-corrected chi connectivity index (χ1v) is 3.44. The zero-order valence-electron chi connectivity index (χ0n) is 5.68. The Hall–Kier alpha value is -1.00. The van der Waals surface area contributed by atoms with Gasteiger partial charge in [0.1, 0.15) is 0 Å². The summed E-state index contributed by atoms with van der Waals surface area (Å²) >= 11 is 0. The summed E-state index contributed by atoms with van der Waals surface area (Å²) in [6, 6.07) is 9.81. The van der Waals surface area contributed by atoms with Gasteiger partial charge in [0.05, 0.1) is 13.2 Å². The lowest BCUT2D eigenvalue weighted by Gasteiger charge is -2.13. The number of hydrogen-bond acceptors (Lipinski definition) is 1. The Balaban J connectivity index is 2.41. The predicted molar refractivity (Wildman–Crippen MR) is 37.5 cm³/mol. The number of rotatable bonds is 0. The first-order chi connectivity index (χ1) is 4.97. The van der Waals surface area contributed by atoms with Gasteiger partial charge in [0.2, 0.25) is 0 Å². The van der Waals surface area contributed by atoms with Crippen molar-refractivity contribution in [3.05, 3.63) is 35.4 Å². The van der Waals surface area contributed by atoms with Crippen molar-refractivity contribution in [2.45, 2.75) is 13.0 Å². The SMILES string of the molecule is c1cc2c(cc#1)COCC2. The van der Waals surface area contributed by atoms with E-state index in [1.165, 1.54) is 11.1 Å². The molecule has 1 heteroatoms. The van der Waals surface area contributed by atoms with E-state index in [2.05, 4.69) is 12.1 Å². The second-order valence-electron chi connectivity index (χ2n) is 2.43. The normalized spacial score (nSPS) is 15.6. The molecule has 1 heterocycles. The van der Waals surface area contributed by atoms with Crippen LogP contribution < -0.4 is 0 Å². The standard InChI is InChI=1S/C9H8O/c1-2-4-9-7-10-6-5-8(9)3-1/h3-4H,5-7H2. The van der Waals surface area contributed by atoms with Gasteiger partial charge < -0.3 is 4.74 Å². The van der Waals surface area contributed by atoms with E-state index in [-0.39, 0.29) is 0 Å². The average Bonchev–Trinajstić information content (AvgIpc) is 2.05. The van der Waals surface area contributed by atoms with Crippen LogP contribution >= 0.6 is 0 Å². The molecular formula is C9H8O. The van der Waals surface area contributed by atoms with E-state index in [1.54, 1.807) is 0 Å². The van der Waals surface area contributed by atoms with Gasteiger partial charge in [0, 0.05) is 0 Å². The zero-order valence-corrected chi connectivity index (χ0v) is 5.68. The second kappa shape index (κ2) is 2.32. The monoisotopic (exact) mass is 132 g/mol. The van der Waals surface area contributed by atoms with E-state index in [1.807, 2.05) is 12.1 Å². The summed E-state index contributed by atoms with van der Waals surface area (Å²) in [6.07, 6.45) is 1.03. The molecule has 0 atom stereocenters. The highest BCUT2D eigenvalue weighted by Crippen LogP contribution is 2.13. The Morgan fingerprint density at radius 1 is 1.20 bits per heavy atom. The van der Waals surface area contributed by atoms with Crippen molar-refractivity contribution in [3.63, 3.8) is 0 Å². The van der Waals surface area contributed by atoms with E-state index in [0.29, 0.717) is 0 Å². The Kier molecular flexibility index (Phi) is 1.34. The highest BCUT2D eigenvalue weighted by molar-refractivity contribution is 5.24. The third-order valence-corrected chi connectivity index (χ3v) is 1.76. The van der Waals surface area contributed by atoms with Crippen LogP contribution in [0.15, 0.2) is 12.1 Å². The van der Waals surface area contributed by atoms with Crippen molar-refractivity contribution in [1.29, 1.82) is 0 Å². The molecule has 50 valence electrons. The van der Waals surface area contributed by atoms with Crippen LogP contribution in [-0.4, -0.2) is 6.61 Å². The molecule has 0 aliphatic carbocycles. The van der Waals surface area contributed by atoms with Crippen LogP contribution in [-0.2, 0) is 17.8 Å². The molecule has 1 aliphatic rings. The van der Waals surface area contributed by atoms with Crippen LogP contribution in [0.3, 0.4) is 0 Å². The van der Waals surface area contributed by atoms with Gasteiger partial charge in [-0.2, -0.15) is 0 Å². The van der Waals surface area contributed by atoms with Gasteiger partial charge in [-0.1, -0.05) is 12.1 Å². The maximum Gasteiger partial charge on any atom is 0.0726 e. The van der Waals surface area contributed by atoms with E-state index in [4.69, 9.17) is 4.74 Å². The van der Waals surface area contributed by atoms with Gasteiger partial charge >= 0.3 is 0 Å². The fourth-order valence-corrected chi connectivity index (χ4v) is 1.17. The summed E-state index contributed by atoms with van der Waals surface area (Å²) in [5.41, 5.74) is 2.63. The summed E-state index contributed by atoms with van der Waals surface area (Å²) in [7, 11) is 0. The van der Waals surface area contributed by atoms with Crippen molar-refractivity contribution in [1.82, 2.24) is 0 Å². The molecule has 2 rings (SSSR count). The van der Waals surface area contributed by atoms with Crippen molar-refractivity contribution >= 4 is 0 Å². The van der Waals surface area contributed by atoms with Crippen LogP contribution in [0.1, 0.15) is 11.1 Å². The third-order valence-electron chi connectivity index (χ3n) is 1.76. The van der Waals surface area contributed by atoms with Crippen molar-refractivity contribution in [3.8, 4) is 0 Å². The zero-order chi connectivity index (χ0) is 6.81. The third kappa shape index (κ3) is 0.872. The maximum atomic E-state index is 5.26. The molecule has 0 saturated heterocycles. The van der Waals surface area contributed by atoms with Crippen LogP contribution in [0.25, 0.3) is 0 Å². The number of ether oxygens (including phenoxy) is 1. The van der Waals surface area contributed by atoms with Crippen LogP contribution in [0, 0.1) is 12.1 Å². The minimum Gasteiger partial charge on any atom is -0.376 e. The molecule has 0 unspecified atom stereocenters. The molecule has 1 aromatic carbocycles. The molecule has 0 amide bonds. The fourth-order valence-electron chi connectivity index (χ4n) is 1.17. The molecule has 0 fully saturated rings. The van der Waals surface area contributed by atoms with E-state index in [9.17, 15) is 0 Å². The van der Waals surface area contributed by atoms with Gasteiger partial charge in [-0.15, -0.1) is 0 Å². The second-order valence-corrected chi connectivity index (χ2v) is 2.43. The van der Waals surface area contributed by atoms with E-state index < -0.39 is 0 Å². The molecule has 0 saturated carbocycles. The molecule has 1 aliphatic heterocycles. The van der Waals surface area contributed by atoms with Gasteiger partial charge in [0.15, 0.2) is 0 Å². The average molecular weight is 132 g/mol. The Bertz CT molecular complexity index is 205. The van der Waals surface area contributed by atoms with Crippen LogP contribution in [0.4, 0.5) is 0 Å². The van der Waals surface area contributed by atoms with Crippen LogP contribution in [0.5, 0.6) is 0 Å². The van der Waals surface area contributed by atoms with Crippen molar-refractivity contribution < 1.29 is 4.74 Å². The summed E-state index contributed by atoms with van der Waals surface area (Å²) in [6.45, 7) is 1.60. The summed E-state index contributed by atoms with van der Waals surface area (Å²) in [5, 5.41) is 0. The lowest BCUT2D eigenvalue weighted by molar-refractivity contribution is 0.111. The fraction of sp³-hybridized carbons (Fsp3) is 0.333. The molecule has 0 spiro atoms. The largest absolute Gasteiger partial charge is 0.376 e. The van der Waals surface area contributed by atoms with Gasteiger partial charge in [-0.25, -0.2) is 0 Å². The van der Waals surface area contributed by atoms with Crippen molar-refractivity contribution in [2.75, 3.05) is 6.61 Å². The summed E-state index contributed by atoms with van der Waals surface area (Å²) < 4.78 is 5.26. The topological polar surface area (TPSA) is 9.23 Å². The van der Waals surface area contributed by atoms with Crippen molar-refractivity contribution in [2.24, 2.45) is 0 Å². The molecule has 0 bridgehead atoms. The maximum absolute atomic E-state index is 5.26. The lowest BCUT2D eigenvalue weighted by Crippen LogP contribution is -2.08. The quantitative estimate of drug-likeness (QED) is 0.518. The Morgan fingerprint density at radius 2 is 2.00 bits per heavy atom. The molecule has 0 N–H and O–H groups in total. The van der Waals surface area contributed by atoms with E-state index in [0.717, 1.165) is 19.6 Å². The number of hydrogen-bond donors (Lipinski definition) is 0.